The number of ketones is 1. The maximum atomic E-state index is 11.5. The third-order valence-corrected chi connectivity index (χ3v) is 3.60. The molecule has 0 radical (unpaired) electrons. The van der Waals surface area contributed by atoms with Crippen LogP contribution in [0.4, 0.5) is 0 Å². The number of Topliss-reactive ketones (excluding diaryl/α,β-unsaturated/α-hetero) is 1. The van der Waals surface area contributed by atoms with E-state index in [2.05, 4.69) is 18.9 Å². The van der Waals surface area contributed by atoms with Gasteiger partial charge in [0.05, 0.1) is 6.04 Å². The third-order valence-electron chi connectivity index (χ3n) is 3.60. The zero-order chi connectivity index (χ0) is 9.42. The van der Waals surface area contributed by atoms with Crippen LogP contribution in [0, 0.1) is 11.8 Å². The lowest BCUT2D eigenvalue weighted by Crippen LogP contribution is -2.36. The highest BCUT2D eigenvalue weighted by Crippen LogP contribution is 2.38. The molecule has 0 aromatic heterocycles. The summed E-state index contributed by atoms with van der Waals surface area (Å²) in [5.74, 6) is 2.24. The molecule has 74 valence electrons. The van der Waals surface area contributed by atoms with E-state index in [-0.39, 0.29) is 6.04 Å². The van der Waals surface area contributed by atoms with Crippen LogP contribution in [0.25, 0.3) is 0 Å². The van der Waals surface area contributed by atoms with E-state index in [1.165, 1.54) is 6.42 Å². The SMILES string of the molecule is CC1CC1CN(C)C1CCCC1=O. The average Bonchev–Trinajstić information content (AvgIpc) is 2.62. The molecule has 2 fully saturated rings. The molecule has 2 aliphatic carbocycles. The van der Waals surface area contributed by atoms with Crippen LogP contribution in [-0.4, -0.2) is 30.3 Å². The molecular weight excluding hydrogens is 162 g/mol. The molecule has 0 heterocycles. The summed E-state index contributed by atoms with van der Waals surface area (Å²) in [7, 11) is 2.11. The monoisotopic (exact) mass is 181 g/mol. The van der Waals surface area contributed by atoms with E-state index in [4.69, 9.17) is 0 Å². The van der Waals surface area contributed by atoms with E-state index in [0.717, 1.165) is 37.6 Å². The average molecular weight is 181 g/mol. The van der Waals surface area contributed by atoms with Gasteiger partial charge in [0.25, 0.3) is 0 Å². The molecular formula is C11H19NO. The lowest BCUT2D eigenvalue weighted by Gasteiger charge is -2.22. The molecule has 0 N–H and O–H groups in total. The van der Waals surface area contributed by atoms with Crippen LogP contribution in [-0.2, 0) is 4.79 Å². The fourth-order valence-electron chi connectivity index (χ4n) is 2.41. The maximum Gasteiger partial charge on any atom is 0.149 e. The van der Waals surface area contributed by atoms with Gasteiger partial charge in [0.1, 0.15) is 5.78 Å². The van der Waals surface area contributed by atoms with Crippen molar-refractivity contribution in [2.45, 2.75) is 38.6 Å². The fraction of sp³-hybridized carbons (Fsp3) is 0.909. The summed E-state index contributed by atoms with van der Waals surface area (Å²) >= 11 is 0. The summed E-state index contributed by atoms with van der Waals surface area (Å²) in [6.45, 7) is 3.44. The maximum absolute atomic E-state index is 11.5. The molecule has 0 aromatic carbocycles. The summed E-state index contributed by atoms with van der Waals surface area (Å²) in [4.78, 5) is 13.7. The Kier molecular flexibility index (Phi) is 2.41. The third kappa shape index (κ3) is 1.93. The van der Waals surface area contributed by atoms with Gasteiger partial charge in [-0.2, -0.15) is 0 Å². The van der Waals surface area contributed by atoms with Crippen molar-refractivity contribution in [3.63, 3.8) is 0 Å². The zero-order valence-corrected chi connectivity index (χ0v) is 8.62. The summed E-state index contributed by atoms with van der Waals surface area (Å²) in [5.41, 5.74) is 0. The highest BCUT2D eigenvalue weighted by atomic mass is 16.1. The van der Waals surface area contributed by atoms with E-state index in [9.17, 15) is 4.79 Å². The fourth-order valence-corrected chi connectivity index (χ4v) is 2.41. The van der Waals surface area contributed by atoms with Gasteiger partial charge in [0.15, 0.2) is 0 Å². The summed E-state index contributed by atoms with van der Waals surface area (Å²) in [5, 5.41) is 0. The van der Waals surface area contributed by atoms with Crippen molar-refractivity contribution in [1.29, 1.82) is 0 Å². The Morgan fingerprint density at radius 1 is 1.54 bits per heavy atom. The molecule has 2 aliphatic rings. The van der Waals surface area contributed by atoms with Gasteiger partial charge in [0, 0.05) is 13.0 Å². The lowest BCUT2D eigenvalue weighted by atomic mass is 10.2. The Balaban J connectivity index is 1.82. The first-order chi connectivity index (χ1) is 6.18. The van der Waals surface area contributed by atoms with Crippen molar-refractivity contribution in [1.82, 2.24) is 4.90 Å². The van der Waals surface area contributed by atoms with Crippen molar-refractivity contribution >= 4 is 5.78 Å². The summed E-state index contributed by atoms with van der Waals surface area (Å²) < 4.78 is 0. The highest BCUT2D eigenvalue weighted by Gasteiger charge is 2.36. The molecule has 3 atom stereocenters. The van der Waals surface area contributed by atoms with Gasteiger partial charge in [-0.05, 0) is 38.1 Å². The Labute approximate surface area is 80.3 Å². The summed E-state index contributed by atoms with van der Waals surface area (Å²) in [6, 6.07) is 0.257. The molecule has 0 saturated heterocycles. The first-order valence-corrected chi connectivity index (χ1v) is 5.41. The molecule has 0 aromatic rings. The van der Waals surface area contributed by atoms with Crippen LogP contribution in [0.5, 0.6) is 0 Å². The topological polar surface area (TPSA) is 20.3 Å². The Bertz CT molecular complexity index is 214. The largest absolute Gasteiger partial charge is 0.298 e. The van der Waals surface area contributed by atoms with Crippen molar-refractivity contribution in [3.05, 3.63) is 0 Å². The molecule has 0 amide bonds. The van der Waals surface area contributed by atoms with Crippen LogP contribution in [0.3, 0.4) is 0 Å². The Morgan fingerprint density at radius 3 is 2.69 bits per heavy atom. The first-order valence-electron chi connectivity index (χ1n) is 5.41. The number of rotatable bonds is 3. The van der Waals surface area contributed by atoms with E-state index in [1.54, 1.807) is 0 Å². The minimum Gasteiger partial charge on any atom is -0.298 e. The van der Waals surface area contributed by atoms with E-state index >= 15 is 0 Å². The number of hydrogen-bond donors (Lipinski definition) is 0. The van der Waals surface area contributed by atoms with Gasteiger partial charge in [-0.25, -0.2) is 0 Å². The standard InChI is InChI=1S/C11H19NO/c1-8-6-9(8)7-12(2)10-4-3-5-11(10)13/h8-10H,3-7H2,1-2H3. The Hall–Kier alpha value is -0.370. The zero-order valence-electron chi connectivity index (χ0n) is 8.62. The van der Waals surface area contributed by atoms with Crippen LogP contribution in [0.15, 0.2) is 0 Å². The number of carbonyl (C=O) groups excluding carboxylic acids is 1. The first kappa shape index (κ1) is 9.20. The number of likely N-dealkylation sites (N-methyl/N-ethyl adjacent to an activating group) is 1. The molecule has 3 unspecified atom stereocenters. The van der Waals surface area contributed by atoms with Gasteiger partial charge in [-0.3, -0.25) is 9.69 Å². The van der Waals surface area contributed by atoms with E-state index in [1.807, 2.05) is 0 Å². The van der Waals surface area contributed by atoms with Crippen molar-refractivity contribution in [3.8, 4) is 0 Å². The molecule has 2 saturated carbocycles. The van der Waals surface area contributed by atoms with Crippen LogP contribution in [0.2, 0.25) is 0 Å². The predicted molar refractivity (Wildman–Crippen MR) is 52.5 cm³/mol. The number of nitrogens with zero attached hydrogens (tertiary/aromatic N) is 1. The second kappa shape index (κ2) is 3.41. The van der Waals surface area contributed by atoms with Gasteiger partial charge in [-0.1, -0.05) is 6.92 Å². The molecule has 2 rings (SSSR count). The van der Waals surface area contributed by atoms with E-state index in [0.29, 0.717) is 5.78 Å². The van der Waals surface area contributed by atoms with Crippen LogP contribution < -0.4 is 0 Å². The smallest absolute Gasteiger partial charge is 0.149 e. The second-order valence-corrected chi connectivity index (χ2v) is 4.79. The quantitative estimate of drug-likeness (QED) is 0.660. The second-order valence-electron chi connectivity index (χ2n) is 4.79. The molecule has 0 spiro atoms. The van der Waals surface area contributed by atoms with Crippen molar-refractivity contribution < 1.29 is 4.79 Å². The molecule has 13 heavy (non-hydrogen) atoms. The van der Waals surface area contributed by atoms with Crippen LogP contribution in [0.1, 0.15) is 32.6 Å². The molecule has 2 nitrogen and oxygen atoms in total. The normalized spacial score (nSPS) is 38.7. The number of carbonyl (C=O) groups is 1. The van der Waals surface area contributed by atoms with Crippen molar-refractivity contribution in [2.24, 2.45) is 11.8 Å². The van der Waals surface area contributed by atoms with Crippen molar-refractivity contribution in [2.75, 3.05) is 13.6 Å². The van der Waals surface area contributed by atoms with Crippen LogP contribution >= 0.6 is 0 Å². The Morgan fingerprint density at radius 2 is 2.23 bits per heavy atom. The minimum atomic E-state index is 0.257. The highest BCUT2D eigenvalue weighted by molar-refractivity contribution is 5.85. The van der Waals surface area contributed by atoms with Gasteiger partial charge < -0.3 is 0 Å². The molecule has 0 aliphatic heterocycles. The minimum absolute atomic E-state index is 0.257. The molecule has 2 heteroatoms. The van der Waals surface area contributed by atoms with E-state index < -0.39 is 0 Å². The molecule has 0 bridgehead atoms. The lowest BCUT2D eigenvalue weighted by molar-refractivity contribution is -0.121. The van der Waals surface area contributed by atoms with Gasteiger partial charge in [-0.15, -0.1) is 0 Å². The summed E-state index contributed by atoms with van der Waals surface area (Å²) in [6.07, 6.45) is 4.38. The van der Waals surface area contributed by atoms with Gasteiger partial charge >= 0.3 is 0 Å². The number of hydrogen-bond acceptors (Lipinski definition) is 2. The predicted octanol–water partition coefficient (Wildman–Crippen LogP) is 1.70. The van der Waals surface area contributed by atoms with Gasteiger partial charge in [0.2, 0.25) is 0 Å².